The summed E-state index contributed by atoms with van der Waals surface area (Å²) in [5, 5.41) is 7.90. The van der Waals surface area contributed by atoms with Gasteiger partial charge in [0, 0.05) is 18.6 Å². The molecule has 1 aromatic carbocycles. The van der Waals surface area contributed by atoms with Gasteiger partial charge in [-0.05, 0) is 51.0 Å². The maximum atomic E-state index is 6.10. The van der Waals surface area contributed by atoms with Crippen LogP contribution in [0, 0.1) is 5.92 Å². The molecule has 0 aromatic heterocycles. The molecule has 1 fully saturated rings. The molecule has 1 aliphatic heterocycles. The second-order valence-corrected chi connectivity index (χ2v) is 7.42. The Morgan fingerprint density at radius 3 is 2.44 bits per heavy atom. The van der Waals surface area contributed by atoms with Crippen molar-refractivity contribution < 1.29 is 4.74 Å². The van der Waals surface area contributed by atoms with Crippen LogP contribution in [-0.4, -0.2) is 57.7 Å². The van der Waals surface area contributed by atoms with Crippen LogP contribution in [0.15, 0.2) is 17.1 Å². The van der Waals surface area contributed by atoms with Crippen molar-refractivity contribution >= 4 is 40.8 Å². The number of aliphatic imine (C=N–C) groups is 1. The highest BCUT2D eigenvalue weighted by Crippen LogP contribution is 2.35. The van der Waals surface area contributed by atoms with Crippen LogP contribution >= 0.6 is 34.8 Å². The van der Waals surface area contributed by atoms with Crippen molar-refractivity contribution in [1.29, 1.82) is 0 Å². The average molecular weight is 408 g/mol. The van der Waals surface area contributed by atoms with Crippen LogP contribution in [0.3, 0.4) is 0 Å². The second kappa shape index (κ2) is 10.3. The molecule has 5 nitrogen and oxygen atoms in total. The summed E-state index contributed by atoms with van der Waals surface area (Å²) in [6.07, 6.45) is 2.44. The van der Waals surface area contributed by atoms with Gasteiger partial charge in [0.1, 0.15) is 6.61 Å². The Morgan fingerprint density at radius 2 is 1.84 bits per heavy atom. The van der Waals surface area contributed by atoms with E-state index < -0.39 is 0 Å². The van der Waals surface area contributed by atoms with Gasteiger partial charge in [-0.25, -0.2) is 0 Å². The zero-order chi connectivity index (χ0) is 18.2. The Labute approximate surface area is 164 Å². The number of guanidine groups is 1. The summed E-state index contributed by atoms with van der Waals surface area (Å²) in [7, 11) is 3.93. The molecule has 8 heteroatoms. The van der Waals surface area contributed by atoms with Crippen LogP contribution in [0.1, 0.15) is 12.8 Å². The van der Waals surface area contributed by atoms with Gasteiger partial charge in [-0.1, -0.05) is 34.8 Å². The van der Waals surface area contributed by atoms with Crippen LogP contribution in [0.25, 0.3) is 0 Å². The number of nitrogens with zero attached hydrogens (tertiary/aromatic N) is 2. The highest BCUT2D eigenvalue weighted by atomic mass is 35.5. The van der Waals surface area contributed by atoms with Gasteiger partial charge in [0.2, 0.25) is 0 Å². The minimum atomic E-state index is 0.405. The Hall–Kier alpha value is -0.880. The summed E-state index contributed by atoms with van der Waals surface area (Å²) in [4.78, 5) is 6.61. The summed E-state index contributed by atoms with van der Waals surface area (Å²) in [6, 6.07) is 3.22. The van der Waals surface area contributed by atoms with Gasteiger partial charge < -0.3 is 20.3 Å². The molecule has 2 N–H and O–H groups in total. The van der Waals surface area contributed by atoms with Crippen LogP contribution in [0.4, 0.5) is 0 Å². The first-order valence-corrected chi connectivity index (χ1v) is 9.53. The Balaban J connectivity index is 1.69. The molecule has 1 heterocycles. The van der Waals surface area contributed by atoms with Crippen LogP contribution < -0.4 is 15.4 Å². The number of piperidine rings is 1. The van der Waals surface area contributed by atoms with Gasteiger partial charge in [0.25, 0.3) is 0 Å². The van der Waals surface area contributed by atoms with E-state index in [-0.39, 0.29) is 0 Å². The lowest BCUT2D eigenvalue weighted by atomic mass is 9.97. The molecule has 0 atom stereocenters. The van der Waals surface area contributed by atoms with E-state index in [4.69, 9.17) is 39.5 Å². The van der Waals surface area contributed by atoms with Crippen molar-refractivity contribution in [2.45, 2.75) is 12.8 Å². The summed E-state index contributed by atoms with van der Waals surface area (Å²) < 4.78 is 5.65. The van der Waals surface area contributed by atoms with Crippen molar-refractivity contribution in [2.75, 3.05) is 46.9 Å². The predicted molar refractivity (Wildman–Crippen MR) is 107 cm³/mol. The number of ether oxygens (including phenoxy) is 1. The first kappa shape index (κ1) is 20.4. The van der Waals surface area contributed by atoms with E-state index in [1.807, 2.05) is 0 Å². The number of rotatable bonds is 6. The van der Waals surface area contributed by atoms with E-state index in [1.165, 1.54) is 12.8 Å². The van der Waals surface area contributed by atoms with Gasteiger partial charge in [-0.2, -0.15) is 0 Å². The highest BCUT2D eigenvalue weighted by Gasteiger charge is 2.16. The van der Waals surface area contributed by atoms with Crippen molar-refractivity contribution in [3.63, 3.8) is 0 Å². The minimum Gasteiger partial charge on any atom is -0.489 e. The number of halogens is 3. The molecular weight excluding hydrogens is 383 g/mol. The van der Waals surface area contributed by atoms with Crippen LogP contribution in [0.2, 0.25) is 15.1 Å². The monoisotopic (exact) mass is 406 g/mol. The Kier molecular flexibility index (Phi) is 8.43. The molecule has 140 valence electrons. The number of likely N-dealkylation sites (tertiary alicyclic amines) is 1. The fraction of sp³-hybridized carbons (Fsp3) is 0.588. The third kappa shape index (κ3) is 6.74. The van der Waals surface area contributed by atoms with E-state index in [0.717, 1.165) is 25.6 Å². The molecule has 0 bridgehead atoms. The highest BCUT2D eigenvalue weighted by molar-refractivity contribution is 6.40. The SMILES string of the molecule is CN=C(NCCOc1c(Cl)cc(Cl)cc1Cl)NCC1CCN(C)CC1. The second-order valence-electron chi connectivity index (χ2n) is 6.17. The summed E-state index contributed by atoms with van der Waals surface area (Å²) in [6.45, 7) is 4.26. The number of nitrogens with one attached hydrogen (secondary N) is 2. The maximum Gasteiger partial charge on any atom is 0.191 e. The molecule has 0 saturated carbocycles. The number of benzene rings is 1. The van der Waals surface area contributed by atoms with E-state index in [2.05, 4.69) is 27.6 Å². The molecule has 0 unspecified atom stereocenters. The van der Waals surface area contributed by atoms with E-state index >= 15 is 0 Å². The van der Waals surface area contributed by atoms with Gasteiger partial charge in [0.05, 0.1) is 16.6 Å². The molecule has 1 saturated heterocycles. The van der Waals surface area contributed by atoms with E-state index in [0.29, 0.717) is 39.9 Å². The third-order valence-corrected chi connectivity index (χ3v) is 5.00. The van der Waals surface area contributed by atoms with Crippen molar-refractivity contribution in [3.8, 4) is 5.75 Å². The van der Waals surface area contributed by atoms with Gasteiger partial charge in [-0.3, -0.25) is 4.99 Å². The summed E-state index contributed by atoms with van der Waals surface area (Å²) in [5.74, 6) is 1.91. The van der Waals surface area contributed by atoms with E-state index in [9.17, 15) is 0 Å². The molecule has 2 rings (SSSR count). The van der Waals surface area contributed by atoms with Gasteiger partial charge in [0.15, 0.2) is 11.7 Å². The molecule has 1 aromatic rings. The van der Waals surface area contributed by atoms with Crippen molar-refractivity contribution in [3.05, 3.63) is 27.2 Å². The lowest BCUT2D eigenvalue weighted by molar-refractivity contribution is 0.220. The smallest absolute Gasteiger partial charge is 0.191 e. The minimum absolute atomic E-state index is 0.405. The zero-order valence-corrected chi connectivity index (χ0v) is 16.9. The third-order valence-electron chi connectivity index (χ3n) is 4.22. The molecule has 1 aliphatic rings. The fourth-order valence-electron chi connectivity index (χ4n) is 2.72. The van der Waals surface area contributed by atoms with Gasteiger partial charge >= 0.3 is 0 Å². The topological polar surface area (TPSA) is 48.9 Å². The molecule has 0 amide bonds. The molecule has 0 spiro atoms. The molecular formula is C17H25Cl3N4O. The lowest BCUT2D eigenvalue weighted by Crippen LogP contribution is -2.43. The largest absolute Gasteiger partial charge is 0.489 e. The predicted octanol–water partition coefficient (Wildman–Crippen LogP) is 3.53. The molecule has 0 radical (unpaired) electrons. The Morgan fingerprint density at radius 1 is 1.20 bits per heavy atom. The van der Waals surface area contributed by atoms with Gasteiger partial charge in [-0.15, -0.1) is 0 Å². The van der Waals surface area contributed by atoms with Crippen LogP contribution in [0.5, 0.6) is 5.75 Å². The molecule has 25 heavy (non-hydrogen) atoms. The first-order valence-electron chi connectivity index (χ1n) is 8.40. The first-order chi connectivity index (χ1) is 12.0. The summed E-state index contributed by atoms with van der Waals surface area (Å²) in [5.41, 5.74) is 0. The van der Waals surface area contributed by atoms with Crippen molar-refractivity contribution in [1.82, 2.24) is 15.5 Å². The van der Waals surface area contributed by atoms with Crippen LogP contribution in [-0.2, 0) is 0 Å². The standard InChI is InChI=1S/C17H25Cl3N4O/c1-21-17(23-11-12-3-6-24(2)7-4-12)22-5-8-25-16-14(19)9-13(18)10-15(16)20/h9-10,12H,3-8,11H2,1-2H3,(H2,21,22,23). The Bertz CT molecular complexity index is 566. The zero-order valence-electron chi connectivity index (χ0n) is 14.6. The number of hydrogen-bond acceptors (Lipinski definition) is 3. The number of hydrogen-bond donors (Lipinski definition) is 2. The quantitative estimate of drug-likeness (QED) is 0.430. The normalized spacial score (nSPS) is 16.8. The summed E-state index contributed by atoms with van der Waals surface area (Å²) >= 11 is 18.1. The maximum absolute atomic E-state index is 6.10. The van der Waals surface area contributed by atoms with E-state index in [1.54, 1.807) is 19.2 Å². The van der Waals surface area contributed by atoms with Crippen molar-refractivity contribution in [2.24, 2.45) is 10.9 Å². The fourth-order valence-corrected chi connectivity index (χ4v) is 3.64. The average Bonchev–Trinajstić information content (AvgIpc) is 2.57. The molecule has 0 aliphatic carbocycles. The lowest BCUT2D eigenvalue weighted by Gasteiger charge is -2.29.